The molecule has 0 unspecified atom stereocenters. The van der Waals surface area contributed by atoms with Gasteiger partial charge in [0.1, 0.15) is 20.0 Å². The van der Waals surface area contributed by atoms with Crippen LogP contribution in [0.5, 0.6) is 0 Å². The van der Waals surface area contributed by atoms with Crippen LogP contribution in [0.3, 0.4) is 0 Å². The highest BCUT2D eigenvalue weighted by Gasteiger charge is 2.28. The maximum absolute atomic E-state index is 11.8. The number of rotatable bonds is 4. The summed E-state index contributed by atoms with van der Waals surface area (Å²) < 4.78 is 35.3. The van der Waals surface area contributed by atoms with E-state index in [9.17, 15) is 13.2 Å². The zero-order chi connectivity index (χ0) is 7.33. The van der Waals surface area contributed by atoms with Gasteiger partial charge in [-0.05, 0) is 0 Å². The van der Waals surface area contributed by atoms with Crippen molar-refractivity contribution in [1.82, 2.24) is 0 Å². The van der Waals surface area contributed by atoms with Crippen LogP contribution in [0.25, 0.3) is 0 Å². The molecular weight excluding hydrogens is 167 g/mol. The van der Waals surface area contributed by atoms with Gasteiger partial charge >= 0.3 is 0 Å². The minimum absolute atomic E-state index is 0. The third kappa shape index (κ3) is 2.75. The molecule has 0 aliphatic carbocycles. The quantitative estimate of drug-likeness (QED) is 0.688. The lowest BCUT2D eigenvalue weighted by molar-refractivity contribution is 0.121. The predicted octanol–water partition coefficient (Wildman–Crippen LogP) is 1.26. The van der Waals surface area contributed by atoms with Gasteiger partial charge in [-0.3, -0.25) is 13.2 Å². The van der Waals surface area contributed by atoms with Gasteiger partial charge in [0.15, 0.2) is 0 Å². The van der Waals surface area contributed by atoms with Crippen molar-refractivity contribution < 1.29 is 13.2 Å². The van der Waals surface area contributed by atoms with Gasteiger partial charge in [0.05, 0.1) is 5.41 Å². The Morgan fingerprint density at radius 2 is 1.30 bits per heavy atom. The molecule has 0 fully saturated rings. The summed E-state index contributed by atoms with van der Waals surface area (Å²) in [5.74, 6) is 0. The van der Waals surface area contributed by atoms with Crippen LogP contribution in [0.15, 0.2) is 0 Å². The Balaban J connectivity index is 0. The lowest BCUT2D eigenvalue weighted by Gasteiger charge is -2.20. The van der Waals surface area contributed by atoms with E-state index in [1.807, 2.05) is 0 Å². The van der Waals surface area contributed by atoms with Gasteiger partial charge in [-0.25, -0.2) is 0 Å². The number of alkyl halides is 3. The Hall–Kier alpha value is 0.0400. The van der Waals surface area contributed by atoms with Crippen molar-refractivity contribution in [3.05, 3.63) is 0 Å². The van der Waals surface area contributed by atoms with E-state index in [2.05, 4.69) is 0 Å². The van der Waals surface area contributed by atoms with Crippen LogP contribution in [-0.4, -0.2) is 26.6 Å². The van der Waals surface area contributed by atoms with E-state index in [1.54, 1.807) is 0 Å². The molecule has 0 saturated carbocycles. The van der Waals surface area contributed by atoms with Crippen LogP contribution in [0.2, 0.25) is 0 Å². The van der Waals surface area contributed by atoms with Crippen LogP contribution in [0.4, 0.5) is 13.2 Å². The topological polar surface area (TPSA) is 26.0 Å². The minimum Gasteiger partial charge on any atom is -0.330 e. The Morgan fingerprint density at radius 3 is 1.30 bits per heavy atom. The molecule has 0 amide bonds. The highest BCUT2D eigenvalue weighted by Crippen LogP contribution is 2.17. The van der Waals surface area contributed by atoms with Crippen molar-refractivity contribution in [2.75, 3.05) is 26.6 Å². The lowest BCUT2D eigenvalue weighted by atomic mass is 9.94. The van der Waals surface area contributed by atoms with Gasteiger partial charge in [0.2, 0.25) is 0 Å². The maximum atomic E-state index is 11.8. The summed E-state index contributed by atoms with van der Waals surface area (Å²) in [5.41, 5.74) is 3.36. The fourth-order valence-electron chi connectivity index (χ4n) is 0.271. The van der Waals surface area contributed by atoms with Gasteiger partial charge in [0.25, 0.3) is 0 Å². The molecule has 5 heteroatoms. The Bertz CT molecular complexity index is 59.8. The van der Waals surface area contributed by atoms with Crippen LogP contribution in [0, 0.1) is 5.41 Å². The first-order chi connectivity index (χ1) is 4.24. The summed E-state index contributed by atoms with van der Waals surface area (Å²) in [6.07, 6.45) is 0. The van der Waals surface area contributed by atoms with Gasteiger partial charge < -0.3 is 5.73 Å². The Kier molecular flexibility index (Phi) is 7.36. The third-order valence-corrected chi connectivity index (χ3v) is 1.28. The lowest BCUT2D eigenvalue weighted by Crippen LogP contribution is -2.37. The second kappa shape index (κ2) is 5.80. The van der Waals surface area contributed by atoms with Crippen molar-refractivity contribution >= 4 is 12.4 Å². The SMILES string of the molecule is Cl.NCC(CF)(CF)CF. The molecule has 1 nitrogen and oxygen atoms in total. The molecule has 0 saturated heterocycles. The predicted molar refractivity (Wildman–Crippen MR) is 36.7 cm³/mol. The second-order valence-corrected chi connectivity index (χ2v) is 2.11. The molecule has 2 N–H and O–H groups in total. The molecule has 64 valence electrons. The first kappa shape index (κ1) is 12.7. The van der Waals surface area contributed by atoms with Gasteiger partial charge in [0, 0.05) is 6.54 Å². The average molecular weight is 178 g/mol. The van der Waals surface area contributed by atoms with Gasteiger partial charge in [-0.2, -0.15) is 0 Å². The van der Waals surface area contributed by atoms with E-state index in [-0.39, 0.29) is 19.0 Å². The normalized spacial score (nSPS) is 10.8. The Labute approximate surface area is 64.2 Å². The zero-order valence-corrected chi connectivity index (χ0v) is 6.26. The summed E-state index contributed by atoms with van der Waals surface area (Å²) in [5, 5.41) is 0. The molecule has 0 heterocycles. The standard InChI is InChI=1S/C5H10F3N.ClH/c6-1-5(2-7,3-8)4-9;/h1-4,9H2;1H. The van der Waals surface area contributed by atoms with Crippen molar-refractivity contribution in [2.24, 2.45) is 11.1 Å². The number of halogens is 4. The fraction of sp³-hybridized carbons (Fsp3) is 1.00. The molecule has 0 bridgehead atoms. The van der Waals surface area contributed by atoms with E-state index >= 15 is 0 Å². The maximum Gasteiger partial charge on any atom is 0.101 e. The van der Waals surface area contributed by atoms with Gasteiger partial charge in [-0.1, -0.05) is 0 Å². The average Bonchev–Trinajstić information content (AvgIpc) is 1.95. The van der Waals surface area contributed by atoms with Crippen LogP contribution < -0.4 is 5.73 Å². The van der Waals surface area contributed by atoms with Crippen molar-refractivity contribution in [2.45, 2.75) is 0 Å². The molecule has 0 aromatic heterocycles. The molecule has 0 aromatic carbocycles. The number of hydrogen-bond donors (Lipinski definition) is 1. The smallest absolute Gasteiger partial charge is 0.101 e. The zero-order valence-electron chi connectivity index (χ0n) is 5.45. The molecule has 10 heavy (non-hydrogen) atoms. The second-order valence-electron chi connectivity index (χ2n) is 2.11. The largest absolute Gasteiger partial charge is 0.330 e. The molecule has 0 atom stereocenters. The van der Waals surface area contributed by atoms with Gasteiger partial charge in [-0.15, -0.1) is 12.4 Å². The van der Waals surface area contributed by atoms with E-state index in [0.717, 1.165) is 0 Å². The summed E-state index contributed by atoms with van der Waals surface area (Å²) in [6, 6.07) is 0. The molecule has 0 rings (SSSR count). The first-order valence-electron chi connectivity index (χ1n) is 2.62. The van der Waals surface area contributed by atoms with Crippen LogP contribution in [-0.2, 0) is 0 Å². The molecule has 0 aliphatic heterocycles. The highest BCUT2D eigenvalue weighted by atomic mass is 35.5. The molecule has 0 aliphatic rings. The van der Waals surface area contributed by atoms with E-state index < -0.39 is 25.4 Å². The molecule has 0 radical (unpaired) electrons. The molecule has 0 spiro atoms. The van der Waals surface area contributed by atoms with Crippen molar-refractivity contribution in [3.63, 3.8) is 0 Å². The molecule has 0 aromatic rings. The first-order valence-corrected chi connectivity index (χ1v) is 2.62. The van der Waals surface area contributed by atoms with Crippen molar-refractivity contribution in [1.29, 1.82) is 0 Å². The number of nitrogens with two attached hydrogens (primary N) is 1. The summed E-state index contributed by atoms with van der Waals surface area (Å²) >= 11 is 0. The van der Waals surface area contributed by atoms with E-state index in [4.69, 9.17) is 5.73 Å². The van der Waals surface area contributed by atoms with E-state index in [0.29, 0.717) is 0 Å². The summed E-state index contributed by atoms with van der Waals surface area (Å²) in [6.45, 7) is -3.38. The Morgan fingerprint density at radius 1 is 1.00 bits per heavy atom. The minimum atomic E-state index is -1.56. The summed E-state index contributed by atoms with van der Waals surface area (Å²) in [7, 11) is 0. The van der Waals surface area contributed by atoms with Crippen LogP contribution >= 0.6 is 12.4 Å². The monoisotopic (exact) mass is 177 g/mol. The highest BCUT2D eigenvalue weighted by molar-refractivity contribution is 5.85. The third-order valence-electron chi connectivity index (χ3n) is 1.28. The van der Waals surface area contributed by atoms with Crippen LogP contribution in [0.1, 0.15) is 0 Å². The fourth-order valence-corrected chi connectivity index (χ4v) is 0.271. The van der Waals surface area contributed by atoms with Crippen molar-refractivity contribution in [3.8, 4) is 0 Å². The summed E-state index contributed by atoms with van der Waals surface area (Å²) in [4.78, 5) is 0. The van der Waals surface area contributed by atoms with E-state index in [1.165, 1.54) is 0 Å². The number of hydrogen-bond acceptors (Lipinski definition) is 1. The molecular formula is C5H11ClF3N.